The molecule has 20 heavy (non-hydrogen) atoms. The van der Waals surface area contributed by atoms with Crippen molar-refractivity contribution in [3.05, 3.63) is 29.8 Å². The zero-order valence-corrected chi connectivity index (χ0v) is 11.4. The maximum absolute atomic E-state index is 12.2. The minimum absolute atomic E-state index is 0.0148. The molecule has 0 radical (unpaired) electrons. The van der Waals surface area contributed by atoms with Crippen LogP contribution in [0.3, 0.4) is 0 Å². The molecule has 0 aromatic heterocycles. The number of nitrogens with one attached hydrogen (secondary N) is 1. The number of amides is 1. The molecule has 2 atom stereocenters. The molecule has 5 heteroatoms. The van der Waals surface area contributed by atoms with Gasteiger partial charge in [0.05, 0.1) is 0 Å². The minimum Gasteiger partial charge on any atom is -0.508 e. The van der Waals surface area contributed by atoms with Gasteiger partial charge in [-0.1, -0.05) is 25.8 Å². The van der Waals surface area contributed by atoms with E-state index in [4.69, 9.17) is 0 Å². The summed E-state index contributed by atoms with van der Waals surface area (Å²) in [5, 5.41) is 21.5. The highest BCUT2D eigenvalue weighted by molar-refractivity contribution is 5.98. The molecule has 0 saturated heterocycles. The largest absolute Gasteiger partial charge is 0.508 e. The van der Waals surface area contributed by atoms with Crippen molar-refractivity contribution in [1.82, 2.24) is 5.32 Å². The second kappa shape index (κ2) is 5.53. The van der Waals surface area contributed by atoms with Crippen LogP contribution >= 0.6 is 0 Å². The molecule has 3 N–H and O–H groups in total. The van der Waals surface area contributed by atoms with Crippen LogP contribution in [0.25, 0.3) is 0 Å². The molecule has 1 fully saturated rings. The number of hydrogen-bond donors (Lipinski definition) is 3. The van der Waals surface area contributed by atoms with Gasteiger partial charge in [0.25, 0.3) is 5.91 Å². The summed E-state index contributed by atoms with van der Waals surface area (Å²) in [4.78, 5) is 23.8. The van der Waals surface area contributed by atoms with Gasteiger partial charge < -0.3 is 15.5 Å². The van der Waals surface area contributed by atoms with E-state index >= 15 is 0 Å². The summed E-state index contributed by atoms with van der Waals surface area (Å²) in [6.07, 6.45) is 2.65. The van der Waals surface area contributed by atoms with Gasteiger partial charge in [-0.15, -0.1) is 0 Å². The van der Waals surface area contributed by atoms with Crippen LogP contribution in [0.2, 0.25) is 0 Å². The summed E-state index contributed by atoms with van der Waals surface area (Å²) in [5.74, 6) is -1.20. The second-order valence-electron chi connectivity index (χ2n) is 5.59. The number of phenols is 1. The van der Waals surface area contributed by atoms with Crippen LogP contribution in [-0.2, 0) is 4.79 Å². The van der Waals surface area contributed by atoms with Gasteiger partial charge in [0.1, 0.15) is 11.3 Å². The van der Waals surface area contributed by atoms with Gasteiger partial charge in [0.2, 0.25) is 0 Å². The van der Waals surface area contributed by atoms with E-state index in [0.29, 0.717) is 12.8 Å². The number of aromatic hydroxyl groups is 1. The molecule has 0 heterocycles. The van der Waals surface area contributed by atoms with Crippen molar-refractivity contribution in [2.75, 3.05) is 0 Å². The smallest absolute Gasteiger partial charge is 0.329 e. The standard InChI is InChI=1S/C15H19NO4/c1-10-4-3-7-15(9-10,14(19)20)16-13(18)11-5-2-6-12(17)8-11/h2,5-6,8,10,17H,3-4,7,9H2,1H3,(H,16,18)(H,19,20). The molecule has 1 saturated carbocycles. The number of phenolic OH excluding ortho intramolecular Hbond substituents is 1. The second-order valence-corrected chi connectivity index (χ2v) is 5.59. The lowest BCUT2D eigenvalue weighted by Crippen LogP contribution is -2.56. The first-order valence-electron chi connectivity index (χ1n) is 6.78. The first kappa shape index (κ1) is 14.4. The fourth-order valence-corrected chi connectivity index (χ4v) is 2.85. The molecule has 0 bridgehead atoms. The molecule has 1 aromatic carbocycles. The van der Waals surface area contributed by atoms with Crippen molar-refractivity contribution in [1.29, 1.82) is 0 Å². The fraction of sp³-hybridized carbons (Fsp3) is 0.467. The molecule has 2 rings (SSSR count). The number of carboxylic acid groups (broad SMARTS) is 1. The summed E-state index contributed by atoms with van der Waals surface area (Å²) in [7, 11) is 0. The lowest BCUT2D eigenvalue weighted by molar-refractivity contribution is -0.146. The van der Waals surface area contributed by atoms with E-state index in [-0.39, 0.29) is 17.2 Å². The topological polar surface area (TPSA) is 86.6 Å². The maximum atomic E-state index is 12.2. The third-order valence-electron chi connectivity index (χ3n) is 3.87. The molecule has 0 spiro atoms. The lowest BCUT2D eigenvalue weighted by atomic mass is 9.76. The number of carboxylic acids is 1. The van der Waals surface area contributed by atoms with Crippen LogP contribution in [0.15, 0.2) is 24.3 Å². The first-order chi connectivity index (χ1) is 9.43. The minimum atomic E-state index is -1.19. The van der Waals surface area contributed by atoms with Crippen LogP contribution in [0.1, 0.15) is 43.0 Å². The van der Waals surface area contributed by atoms with E-state index in [1.807, 2.05) is 6.92 Å². The first-order valence-corrected chi connectivity index (χ1v) is 6.78. The number of carbonyl (C=O) groups excluding carboxylic acids is 1. The average molecular weight is 277 g/mol. The SMILES string of the molecule is CC1CCCC(NC(=O)c2cccc(O)c2)(C(=O)O)C1. The Morgan fingerprint density at radius 2 is 2.15 bits per heavy atom. The molecule has 1 aliphatic carbocycles. The van der Waals surface area contributed by atoms with Crippen molar-refractivity contribution in [3.63, 3.8) is 0 Å². The van der Waals surface area contributed by atoms with Crippen LogP contribution < -0.4 is 5.32 Å². The Morgan fingerprint density at radius 1 is 1.40 bits per heavy atom. The number of carbonyl (C=O) groups is 2. The molecule has 1 aromatic rings. The molecular weight excluding hydrogens is 258 g/mol. The summed E-state index contributed by atoms with van der Waals surface area (Å²) < 4.78 is 0. The Morgan fingerprint density at radius 3 is 2.75 bits per heavy atom. The number of rotatable bonds is 3. The van der Waals surface area contributed by atoms with Gasteiger partial charge in [-0.3, -0.25) is 4.79 Å². The van der Waals surface area contributed by atoms with Gasteiger partial charge in [-0.25, -0.2) is 4.79 Å². The quantitative estimate of drug-likeness (QED) is 0.790. The zero-order chi connectivity index (χ0) is 14.8. The number of aliphatic carboxylic acids is 1. The Balaban J connectivity index is 2.20. The summed E-state index contributed by atoms with van der Waals surface area (Å²) >= 11 is 0. The van der Waals surface area contributed by atoms with Gasteiger partial charge in [-0.05, 0) is 37.0 Å². The van der Waals surface area contributed by atoms with E-state index < -0.39 is 17.4 Å². The fourth-order valence-electron chi connectivity index (χ4n) is 2.85. The monoisotopic (exact) mass is 277 g/mol. The van der Waals surface area contributed by atoms with Gasteiger partial charge >= 0.3 is 5.97 Å². The summed E-state index contributed by atoms with van der Waals surface area (Å²) in [6, 6.07) is 5.90. The van der Waals surface area contributed by atoms with Crippen LogP contribution in [-0.4, -0.2) is 27.6 Å². The molecule has 2 unspecified atom stereocenters. The molecule has 5 nitrogen and oxygen atoms in total. The van der Waals surface area contributed by atoms with E-state index in [0.717, 1.165) is 12.8 Å². The normalized spacial score (nSPS) is 25.9. The molecule has 1 aliphatic rings. The van der Waals surface area contributed by atoms with E-state index in [9.17, 15) is 19.8 Å². The van der Waals surface area contributed by atoms with E-state index in [1.165, 1.54) is 12.1 Å². The molecular formula is C15H19NO4. The Hall–Kier alpha value is -2.04. The van der Waals surface area contributed by atoms with E-state index in [1.54, 1.807) is 12.1 Å². The highest BCUT2D eigenvalue weighted by Gasteiger charge is 2.43. The van der Waals surface area contributed by atoms with Crippen molar-refractivity contribution < 1.29 is 19.8 Å². The third kappa shape index (κ3) is 2.92. The zero-order valence-electron chi connectivity index (χ0n) is 11.4. The van der Waals surface area contributed by atoms with Gasteiger partial charge in [0.15, 0.2) is 0 Å². The number of benzene rings is 1. The van der Waals surface area contributed by atoms with Crippen molar-refractivity contribution in [2.24, 2.45) is 5.92 Å². The maximum Gasteiger partial charge on any atom is 0.329 e. The molecule has 0 aliphatic heterocycles. The van der Waals surface area contributed by atoms with Crippen LogP contribution in [0.4, 0.5) is 0 Å². The van der Waals surface area contributed by atoms with Crippen molar-refractivity contribution >= 4 is 11.9 Å². The Kier molecular flexibility index (Phi) is 3.97. The molecule has 108 valence electrons. The highest BCUT2D eigenvalue weighted by Crippen LogP contribution is 2.33. The van der Waals surface area contributed by atoms with Gasteiger partial charge in [0, 0.05) is 5.56 Å². The van der Waals surface area contributed by atoms with Crippen LogP contribution in [0, 0.1) is 5.92 Å². The summed E-state index contributed by atoms with van der Waals surface area (Å²) in [5.41, 5.74) is -0.927. The molecule has 1 amide bonds. The summed E-state index contributed by atoms with van der Waals surface area (Å²) in [6.45, 7) is 2.00. The average Bonchev–Trinajstić information content (AvgIpc) is 2.38. The predicted molar refractivity (Wildman–Crippen MR) is 73.6 cm³/mol. The van der Waals surface area contributed by atoms with E-state index in [2.05, 4.69) is 5.32 Å². The van der Waals surface area contributed by atoms with Gasteiger partial charge in [-0.2, -0.15) is 0 Å². The lowest BCUT2D eigenvalue weighted by Gasteiger charge is -2.37. The van der Waals surface area contributed by atoms with Crippen molar-refractivity contribution in [2.45, 2.75) is 38.1 Å². The van der Waals surface area contributed by atoms with Crippen molar-refractivity contribution in [3.8, 4) is 5.75 Å². The highest BCUT2D eigenvalue weighted by atomic mass is 16.4. The van der Waals surface area contributed by atoms with Crippen LogP contribution in [0.5, 0.6) is 5.75 Å². The third-order valence-corrected chi connectivity index (χ3v) is 3.87. The Bertz CT molecular complexity index is 528. The Labute approximate surface area is 117 Å². The number of hydrogen-bond acceptors (Lipinski definition) is 3. The predicted octanol–water partition coefficient (Wildman–Crippen LogP) is 2.16.